The van der Waals surface area contributed by atoms with Crippen LogP contribution in [0.1, 0.15) is 35.9 Å². The van der Waals surface area contributed by atoms with Crippen molar-refractivity contribution >= 4 is 34.2 Å². The lowest BCUT2D eigenvalue weighted by Gasteiger charge is -2.16. The number of hydrogen-bond donors (Lipinski definition) is 0. The van der Waals surface area contributed by atoms with Crippen LogP contribution in [0.15, 0.2) is 42.5 Å². The highest BCUT2D eigenvalue weighted by atomic mass is 127. The van der Waals surface area contributed by atoms with Crippen LogP contribution in [0.3, 0.4) is 0 Å². The Morgan fingerprint density at radius 3 is 2.65 bits per heavy atom. The number of hydrogen-bond acceptors (Lipinski definition) is 1. The zero-order valence-electron chi connectivity index (χ0n) is 11.5. The second kappa shape index (κ2) is 5.23. The van der Waals surface area contributed by atoms with E-state index in [4.69, 9.17) is 16.3 Å². The molecule has 3 rings (SSSR count). The Hall–Kier alpha value is -0.740. The molecule has 0 spiro atoms. The molecule has 0 amide bonds. The summed E-state index contributed by atoms with van der Waals surface area (Å²) in [5.41, 5.74) is 3.42. The van der Waals surface area contributed by atoms with Crippen LogP contribution in [0.5, 0.6) is 5.75 Å². The fraction of sp³-hybridized carbons (Fsp3) is 0.294. The Balaban J connectivity index is 1.93. The van der Waals surface area contributed by atoms with Gasteiger partial charge in [-0.1, -0.05) is 24.3 Å². The second-order valence-corrected chi connectivity index (χ2v) is 7.51. The summed E-state index contributed by atoms with van der Waals surface area (Å²) in [6, 6.07) is 14.6. The van der Waals surface area contributed by atoms with Crippen LogP contribution in [0.4, 0.5) is 0 Å². The Kier molecular flexibility index (Phi) is 3.71. The minimum atomic E-state index is -0.112. The van der Waals surface area contributed by atoms with Crippen molar-refractivity contribution in [3.8, 4) is 5.75 Å². The summed E-state index contributed by atoms with van der Waals surface area (Å²) in [5, 5.41) is -0.112. The van der Waals surface area contributed by atoms with Crippen molar-refractivity contribution in [3.05, 3.63) is 62.7 Å². The van der Waals surface area contributed by atoms with Crippen LogP contribution >= 0.6 is 34.2 Å². The van der Waals surface area contributed by atoms with E-state index in [1.807, 2.05) is 12.1 Å². The lowest BCUT2D eigenvalue weighted by molar-refractivity contribution is 0.138. The van der Waals surface area contributed by atoms with Crippen LogP contribution in [0, 0.1) is 3.57 Å². The monoisotopic (exact) mass is 398 g/mol. The van der Waals surface area contributed by atoms with Crippen LogP contribution in [0.25, 0.3) is 0 Å². The molecule has 1 heterocycles. The average Bonchev–Trinajstić information content (AvgIpc) is 2.70. The third kappa shape index (κ3) is 2.82. The number of halogens is 2. The summed E-state index contributed by atoms with van der Waals surface area (Å²) in [6.45, 7) is 4.23. The van der Waals surface area contributed by atoms with Gasteiger partial charge in [0.25, 0.3) is 0 Å². The maximum absolute atomic E-state index is 6.63. The van der Waals surface area contributed by atoms with Gasteiger partial charge in [0.2, 0.25) is 0 Å². The molecule has 0 saturated heterocycles. The van der Waals surface area contributed by atoms with E-state index in [-0.39, 0.29) is 11.0 Å². The van der Waals surface area contributed by atoms with Crippen LogP contribution in [-0.2, 0) is 6.42 Å². The average molecular weight is 399 g/mol. The van der Waals surface area contributed by atoms with Crippen molar-refractivity contribution in [2.24, 2.45) is 0 Å². The Labute approximate surface area is 138 Å². The summed E-state index contributed by atoms with van der Waals surface area (Å²) in [4.78, 5) is 0. The highest BCUT2D eigenvalue weighted by Crippen LogP contribution is 2.38. The largest absolute Gasteiger partial charge is 0.487 e. The molecule has 1 unspecified atom stereocenters. The van der Waals surface area contributed by atoms with Gasteiger partial charge in [0, 0.05) is 9.99 Å². The molecule has 2 aromatic carbocycles. The molecule has 2 aromatic rings. The molecule has 1 aliphatic heterocycles. The van der Waals surface area contributed by atoms with Gasteiger partial charge in [0.05, 0.1) is 5.38 Å². The van der Waals surface area contributed by atoms with E-state index in [9.17, 15) is 0 Å². The van der Waals surface area contributed by atoms with Gasteiger partial charge >= 0.3 is 0 Å². The number of alkyl halides is 1. The molecule has 0 fully saturated rings. The summed E-state index contributed by atoms with van der Waals surface area (Å²) in [6.07, 6.45) is 0.937. The summed E-state index contributed by atoms with van der Waals surface area (Å²) in [7, 11) is 0. The summed E-state index contributed by atoms with van der Waals surface area (Å²) < 4.78 is 7.11. The highest BCUT2D eigenvalue weighted by Gasteiger charge is 2.30. The minimum absolute atomic E-state index is 0.106. The Morgan fingerprint density at radius 2 is 1.90 bits per heavy atom. The van der Waals surface area contributed by atoms with Crippen LogP contribution in [-0.4, -0.2) is 5.60 Å². The minimum Gasteiger partial charge on any atom is -0.487 e. The van der Waals surface area contributed by atoms with Crippen molar-refractivity contribution in [3.63, 3.8) is 0 Å². The molecular weight excluding hydrogens is 383 g/mol. The fourth-order valence-electron chi connectivity index (χ4n) is 2.64. The molecule has 1 nitrogen and oxygen atoms in total. The van der Waals surface area contributed by atoms with Gasteiger partial charge in [-0.05, 0) is 71.3 Å². The van der Waals surface area contributed by atoms with Gasteiger partial charge in [-0.15, -0.1) is 11.6 Å². The molecular formula is C17H16ClIO. The molecule has 0 saturated carbocycles. The predicted octanol–water partition coefficient (Wildman–Crippen LogP) is 5.33. The van der Waals surface area contributed by atoms with Crippen LogP contribution in [0.2, 0.25) is 0 Å². The molecule has 1 atom stereocenters. The molecule has 0 N–H and O–H groups in total. The van der Waals surface area contributed by atoms with Gasteiger partial charge < -0.3 is 4.74 Å². The van der Waals surface area contributed by atoms with E-state index in [1.54, 1.807) is 0 Å². The van der Waals surface area contributed by atoms with Gasteiger partial charge in [-0.2, -0.15) is 0 Å². The van der Waals surface area contributed by atoms with Crippen molar-refractivity contribution in [2.75, 3.05) is 0 Å². The van der Waals surface area contributed by atoms with Gasteiger partial charge in [-0.25, -0.2) is 0 Å². The first kappa shape index (κ1) is 14.2. The smallest absolute Gasteiger partial charge is 0.123 e. The van der Waals surface area contributed by atoms with Crippen molar-refractivity contribution < 1.29 is 4.74 Å². The van der Waals surface area contributed by atoms with Crippen molar-refractivity contribution in [1.29, 1.82) is 0 Å². The quantitative estimate of drug-likeness (QED) is 0.490. The third-order valence-corrected chi connectivity index (χ3v) is 4.70. The lowest BCUT2D eigenvalue weighted by Crippen LogP contribution is -2.24. The summed E-state index contributed by atoms with van der Waals surface area (Å²) >= 11 is 8.95. The molecule has 0 aromatic heterocycles. The molecule has 3 heteroatoms. The first-order chi connectivity index (χ1) is 9.44. The summed E-state index contributed by atoms with van der Waals surface area (Å²) in [5.74, 6) is 0.991. The van der Waals surface area contributed by atoms with Crippen molar-refractivity contribution in [1.82, 2.24) is 0 Å². The fourth-order valence-corrected chi connectivity index (χ4v) is 3.48. The third-order valence-electron chi connectivity index (χ3n) is 3.52. The van der Waals surface area contributed by atoms with Gasteiger partial charge in [0.1, 0.15) is 11.4 Å². The van der Waals surface area contributed by atoms with E-state index in [0.29, 0.717) is 0 Å². The molecule has 104 valence electrons. The first-order valence-corrected chi connectivity index (χ1v) is 8.17. The van der Waals surface area contributed by atoms with E-state index < -0.39 is 0 Å². The topological polar surface area (TPSA) is 9.23 Å². The number of fused-ring (bicyclic) bond motifs is 1. The van der Waals surface area contributed by atoms with E-state index in [0.717, 1.165) is 23.3 Å². The Bertz CT molecular complexity index is 651. The SMILES string of the molecule is CC1(C)Cc2cc(C(Cl)c3cccc(I)c3)ccc2O1. The van der Waals surface area contributed by atoms with E-state index >= 15 is 0 Å². The maximum atomic E-state index is 6.63. The zero-order valence-corrected chi connectivity index (χ0v) is 14.4. The second-order valence-electron chi connectivity index (χ2n) is 5.82. The standard InChI is InChI=1S/C17H16ClIO/c1-17(2)10-13-8-12(6-7-15(13)20-17)16(18)11-4-3-5-14(19)9-11/h3-9,16H,10H2,1-2H3. The molecule has 0 bridgehead atoms. The Morgan fingerprint density at radius 1 is 1.15 bits per heavy atom. The predicted molar refractivity (Wildman–Crippen MR) is 91.7 cm³/mol. The molecule has 0 aliphatic carbocycles. The van der Waals surface area contributed by atoms with E-state index in [1.165, 1.54) is 9.13 Å². The van der Waals surface area contributed by atoms with Gasteiger partial charge in [0.15, 0.2) is 0 Å². The maximum Gasteiger partial charge on any atom is 0.123 e. The lowest BCUT2D eigenvalue weighted by atomic mass is 9.97. The number of ether oxygens (including phenoxy) is 1. The first-order valence-electron chi connectivity index (χ1n) is 6.66. The number of benzene rings is 2. The molecule has 0 radical (unpaired) electrons. The van der Waals surface area contributed by atoms with Crippen LogP contribution < -0.4 is 4.74 Å². The molecule has 1 aliphatic rings. The highest BCUT2D eigenvalue weighted by molar-refractivity contribution is 14.1. The van der Waals surface area contributed by atoms with Crippen molar-refractivity contribution in [2.45, 2.75) is 31.2 Å². The zero-order chi connectivity index (χ0) is 14.3. The molecule has 20 heavy (non-hydrogen) atoms. The van der Waals surface area contributed by atoms with Gasteiger partial charge in [-0.3, -0.25) is 0 Å². The number of rotatable bonds is 2. The normalized spacial score (nSPS) is 17.4. The van der Waals surface area contributed by atoms with E-state index in [2.05, 4.69) is 66.8 Å².